The van der Waals surface area contributed by atoms with Crippen LogP contribution in [-0.2, 0) is 0 Å². The number of fused-ring (bicyclic) bond motifs is 9. The van der Waals surface area contributed by atoms with Crippen molar-refractivity contribution in [3.05, 3.63) is 168 Å². The highest BCUT2D eigenvalue weighted by atomic mass is 16.6. The number of nitro groups is 1. The summed E-state index contributed by atoms with van der Waals surface area (Å²) in [5.74, 6) is 0. The molecule has 10 aromatic rings. The van der Waals surface area contributed by atoms with Crippen LogP contribution >= 0.6 is 0 Å². The zero-order chi connectivity index (χ0) is 31.9. The van der Waals surface area contributed by atoms with E-state index in [-0.39, 0.29) is 10.6 Å². The molecule has 226 valence electrons. The topological polar surface area (TPSA) is 57.9 Å². The van der Waals surface area contributed by atoms with Crippen LogP contribution in [0.2, 0.25) is 0 Å². The maximum absolute atomic E-state index is 11.4. The van der Waals surface area contributed by atoms with E-state index in [1.54, 1.807) is 12.1 Å². The summed E-state index contributed by atoms with van der Waals surface area (Å²) in [5.41, 5.74) is 9.87. The zero-order valence-corrected chi connectivity index (χ0v) is 25.6. The molecule has 7 aromatic carbocycles. The van der Waals surface area contributed by atoms with Crippen LogP contribution in [0.25, 0.3) is 82.5 Å². The molecule has 0 unspecified atom stereocenters. The van der Waals surface area contributed by atoms with Crippen LogP contribution < -0.4 is 0 Å². The van der Waals surface area contributed by atoms with Crippen LogP contribution in [0.4, 0.5) is 5.69 Å². The molecular formula is C42H26N4O2. The Morgan fingerprint density at radius 1 is 0.396 bits per heavy atom. The van der Waals surface area contributed by atoms with Crippen molar-refractivity contribution in [1.29, 1.82) is 0 Å². The van der Waals surface area contributed by atoms with Gasteiger partial charge in [-0.05, 0) is 66.7 Å². The minimum absolute atomic E-state index is 0.0748. The molecule has 0 N–H and O–H groups in total. The van der Waals surface area contributed by atoms with E-state index in [1.165, 1.54) is 32.6 Å². The van der Waals surface area contributed by atoms with Gasteiger partial charge in [0.1, 0.15) is 0 Å². The van der Waals surface area contributed by atoms with E-state index < -0.39 is 0 Å². The molecule has 0 fully saturated rings. The molecule has 3 heterocycles. The highest BCUT2D eigenvalue weighted by molar-refractivity contribution is 6.17. The standard InChI is InChI=1S/C42H26N4O2/c47-46(48)28-22-20-27(21-23-28)43-38-17-8-4-13-33(38)42-40(43)18-9-19-41(42)45-37-16-7-3-12-32(37)34-26-29(24-25-39(34)45)44-35-14-5-1-10-30(35)31-11-2-6-15-36(31)44/h1-26H. The largest absolute Gasteiger partial charge is 0.309 e. The van der Waals surface area contributed by atoms with Gasteiger partial charge in [-0.3, -0.25) is 10.1 Å². The Labute approximate surface area is 274 Å². The third-order valence-electron chi connectivity index (χ3n) is 9.73. The summed E-state index contributed by atoms with van der Waals surface area (Å²) < 4.78 is 6.95. The second kappa shape index (κ2) is 9.92. The molecule has 0 spiro atoms. The number of para-hydroxylation sites is 4. The minimum atomic E-state index is -0.358. The number of non-ortho nitro benzene ring substituents is 1. The van der Waals surface area contributed by atoms with Crippen molar-refractivity contribution in [3.8, 4) is 17.1 Å². The summed E-state index contributed by atoms with van der Waals surface area (Å²) >= 11 is 0. The number of nitro benzene ring substituents is 1. The number of aromatic nitrogens is 3. The van der Waals surface area contributed by atoms with E-state index in [1.807, 2.05) is 18.2 Å². The highest BCUT2D eigenvalue weighted by Crippen LogP contribution is 2.41. The predicted octanol–water partition coefficient (Wildman–Crippen LogP) is 10.9. The van der Waals surface area contributed by atoms with E-state index in [9.17, 15) is 10.1 Å². The summed E-state index contributed by atoms with van der Waals surface area (Å²) in [7, 11) is 0. The van der Waals surface area contributed by atoms with Crippen molar-refractivity contribution < 1.29 is 4.92 Å². The molecule has 0 aliphatic rings. The minimum Gasteiger partial charge on any atom is -0.309 e. The SMILES string of the molecule is O=[N+]([O-])c1ccc(-n2c3ccccc3c3c(-n4c5ccccc5c5cc(-n6c7ccccc7c7ccccc76)ccc54)cccc32)cc1. The lowest BCUT2D eigenvalue weighted by Gasteiger charge is -2.12. The summed E-state index contributed by atoms with van der Waals surface area (Å²) in [6.07, 6.45) is 0. The first kappa shape index (κ1) is 26.5. The molecule has 0 radical (unpaired) electrons. The molecule has 0 aliphatic carbocycles. The molecular weight excluding hydrogens is 592 g/mol. The fourth-order valence-corrected chi connectivity index (χ4v) is 7.75. The van der Waals surface area contributed by atoms with Crippen molar-refractivity contribution in [2.45, 2.75) is 0 Å². The molecule has 6 nitrogen and oxygen atoms in total. The molecule has 0 saturated carbocycles. The predicted molar refractivity (Wildman–Crippen MR) is 196 cm³/mol. The summed E-state index contributed by atoms with van der Waals surface area (Å²) in [5, 5.41) is 18.5. The van der Waals surface area contributed by atoms with E-state index in [2.05, 4.69) is 141 Å². The van der Waals surface area contributed by atoms with Crippen LogP contribution in [0.3, 0.4) is 0 Å². The van der Waals surface area contributed by atoms with Gasteiger partial charge >= 0.3 is 0 Å². The Morgan fingerprint density at radius 3 is 1.48 bits per heavy atom. The summed E-state index contributed by atoms with van der Waals surface area (Å²) in [4.78, 5) is 11.1. The first-order chi connectivity index (χ1) is 23.7. The van der Waals surface area contributed by atoms with Gasteiger partial charge in [-0.2, -0.15) is 0 Å². The Kier molecular flexibility index (Phi) is 5.49. The lowest BCUT2D eigenvalue weighted by molar-refractivity contribution is -0.384. The van der Waals surface area contributed by atoms with Gasteiger partial charge in [0, 0.05) is 55.8 Å². The Morgan fingerprint density at radius 2 is 0.854 bits per heavy atom. The second-order valence-corrected chi connectivity index (χ2v) is 12.2. The molecule has 0 atom stereocenters. The lowest BCUT2D eigenvalue weighted by atomic mass is 10.1. The van der Waals surface area contributed by atoms with Gasteiger partial charge in [0.25, 0.3) is 5.69 Å². The summed E-state index contributed by atoms with van der Waals surface area (Å²) in [6.45, 7) is 0. The van der Waals surface area contributed by atoms with Crippen molar-refractivity contribution in [3.63, 3.8) is 0 Å². The fourth-order valence-electron chi connectivity index (χ4n) is 7.75. The molecule has 0 aliphatic heterocycles. The van der Waals surface area contributed by atoms with Gasteiger partial charge in [0.15, 0.2) is 0 Å². The molecule has 0 amide bonds. The first-order valence-electron chi connectivity index (χ1n) is 16.0. The average molecular weight is 619 g/mol. The normalized spacial score (nSPS) is 11.9. The van der Waals surface area contributed by atoms with E-state index in [0.717, 1.165) is 49.9 Å². The number of hydrogen-bond acceptors (Lipinski definition) is 2. The van der Waals surface area contributed by atoms with Gasteiger partial charge in [0.05, 0.1) is 43.7 Å². The number of nitrogens with zero attached hydrogens (tertiary/aromatic N) is 4. The average Bonchev–Trinajstić information content (AvgIpc) is 3.77. The molecule has 6 heteroatoms. The van der Waals surface area contributed by atoms with E-state index in [4.69, 9.17) is 0 Å². The monoisotopic (exact) mass is 618 g/mol. The Bertz CT molecular complexity index is 2870. The molecule has 0 saturated heterocycles. The van der Waals surface area contributed by atoms with Crippen LogP contribution in [-0.4, -0.2) is 18.6 Å². The molecule has 3 aromatic heterocycles. The second-order valence-electron chi connectivity index (χ2n) is 12.2. The van der Waals surface area contributed by atoms with Gasteiger partial charge in [-0.1, -0.05) is 78.9 Å². The summed E-state index contributed by atoms with van der Waals surface area (Å²) in [6, 6.07) is 54.3. The van der Waals surface area contributed by atoms with Crippen LogP contribution in [0.1, 0.15) is 0 Å². The quantitative estimate of drug-likeness (QED) is 0.146. The van der Waals surface area contributed by atoms with Crippen molar-refractivity contribution in [2.24, 2.45) is 0 Å². The van der Waals surface area contributed by atoms with Gasteiger partial charge < -0.3 is 13.7 Å². The first-order valence-corrected chi connectivity index (χ1v) is 16.0. The van der Waals surface area contributed by atoms with Gasteiger partial charge in [0.2, 0.25) is 0 Å². The van der Waals surface area contributed by atoms with Gasteiger partial charge in [-0.25, -0.2) is 0 Å². The molecule has 10 rings (SSSR count). The van der Waals surface area contributed by atoms with Crippen molar-refractivity contribution in [1.82, 2.24) is 13.7 Å². The van der Waals surface area contributed by atoms with Crippen LogP contribution in [0, 0.1) is 10.1 Å². The van der Waals surface area contributed by atoms with E-state index >= 15 is 0 Å². The zero-order valence-electron chi connectivity index (χ0n) is 25.6. The molecule has 0 bridgehead atoms. The van der Waals surface area contributed by atoms with Crippen molar-refractivity contribution in [2.75, 3.05) is 0 Å². The Balaban J connectivity index is 1.26. The van der Waals surface area contributed by atoms with Crippen LogP contribution in [0.15, 0.2) is 158 Å². The number of rotatable bonds is 4. The lowest BCUT2D eigenvalue weighted by Crippen LogP contribution is -1.97. The third-order valence-corrected chi connectivity index (χ3v) is 9.73. The fraction of sp³-hybridized carbons (Fsp3) is 0. The maximum atomic E-state index is 11.4. The van der Waals surface area contributed by atoms with Gasteiger partial charge in [-0.15, -0.1) is 0 Å². The molecule has 48 heavy (non-hydrogen) atoms. The third kappa shape index (κ3) is 3.62. The van der Waals surface area contributed by atoms with Crippen molar-refractivity contribution >= 4 is 71.1 Å². The van der Waals surface area contributed by atoms with E-state index in [0.29, 0.717) is 0 Å². The van der Waals surface area contributed by atoms with Crippen LogP contribution in [0.5, 0.6) is 0 Å². The number of hydrogen-bond donors (Lipinski definition) is 0. The maximum Gasteiger partial charge on any atom is 0.269 e. The Hall–Kier alpha value is -6.66. The number of benzene rings is 7. The smallest absolute Gasteiger partial charge is 0.269 e. The highest BCUT2D eigenvalue weighted by Gasteiger charge is 2.21.